The van der Waals surface area contributed by atoms with Gasteiger partial charge in [0.15, 0.2) is 0 Å². The van der Waals surface area contributed by atoms with Crippen LogP contribution in [0.5, 0.6) is 5.75 Å². The van der Waals surface area contributed by atoms with Gasteiger partial charge in [0.25, 0.3) is 0 Å². The van der Waals surface area contributed by atoms with Crippen LogP contribution in [0.15, 0.2) is 30.3 Å². The van der Waals surface area contributed by atoms with Gasteiger partial charge in [0, 0.05) is 12.5 Å². The molecule has 0 radical (unpaired) electrons. The number of hydrogen-bond donors (Lipinski definition) is 2. The van der Waals surface area contributed by atoms with E-state index in [-0.39, 0.29) is 24.4 Å². The highest BCUT2D eigenvalue weighted by molar-refractivity contribution is 5.85. The van der Waals surface area contributed by atoms with Gasteiger partial charge in [0.1, 0.15) is 12.4 Å². The molecule has 1 amide bonds. The number of nitrogens with one attached hydrogen (secondary N) is 1. The first-order chi connectivity index (χ1) is 9.75. The molecule has 1 saturated carbocycles. The molecule has 3 N–H and O–H groups in total. The molecule has 0 aliphatic heterocycles. The predicted octanol–water partition coefficient (Wildman–Crippen LogP) is 2.51. The van der Waals surface area contributed by atoms with Crippen LogP contribution in [0, 0.1) is 5.92 Å². The highest BCUT2D eigenvalue weighted by Gasteiger charge is 2.23. The third-order valence-electron chi connectivity index (χ3n) is 3.85. The zero-order chi connectivity index (χ0) is 14.2. The van der Waals surface area contributed by atoms with Gasteiger partial charge in [-0.1, -0.05) is 31.0 Å². The molecular formula is C16H25ClN2O2. The van der Waals surface area contributed by atoms with Crippen molar-refractivity contribution in [2.24, 2.45) is 11.7 Å². The predicted molar refractivity (Wildman–Crippen MR) is 86.7 cm³/mol. The van der Waals surface area contributed by atoms with Gasteiger partial charge >= 0.3 is 0 Å². The smallest absolute Gasteiger partial charge is 0.220 e. The summed E-state index contributed by atoms with van der Waals surface area (Å²) >= 11 is 0. The Bertz CT molecular complexity index is 414. The third-order valence-corrected chi connectivity index (χ3v) is 3.85. The SMILES string of the molecule is Cl.NC1CCCCC1CC(=O)NCCOc1ccccc1. The highest BCUT2D eigenvalue weighted by atomic mass is 35.5. The number of carbonyl (C=O) groups is 1. The second-order valence-corrected chi connectivity index (χ2v) is 5.42. The molecule has 0 heterocycles. The maximum Gasteiger partial charge on any atom is 0.220 e. The van der Waals surface area contributed by atoms with Crippen LogP contribution in [-0.4, -0.2) is 25.1 Å². The minimum Gasteiger partial charge on any atom is -0.492 e. The van der Waals surface area contributed by atoms with Crippen LogP contribution in [0.4, 0.5) is 0 Å². The lowest BCUT2D eigenvalue weighted by atomic mass is 9.83. The number of hydrogen-bond acceptors (Lipinski definition) is 3. The molecule has 2 rings (SSSR count). The van der Waals surface area contributed by atoms with Crippen molar-refractivity contribution < 1.29 is 9.53 Å². The molecule has 1 aliphatic rings. The van der Waals surface area contributed by atoms with Crippen molar-refractivity contribution in [1.29, 1.82) is 0 Å². The van der Waals surface area contributed by atoms with E-state index >= 15 is 0 Å². The lowest BCUT2D eigenvalue weighted by Crippen LogP contribution is -2.37. The Morgan fingerprint density at radius 1 is 1.24 bits per heavy atom. The number of rotatable bonds is 6. The monoisotopic (exact) mass is 312 g/mol. The molecule has 1 fully saturated rings. The molecule has 5 heteroatoms. The van der Waals surface area contributed by atoms with E-state index in [1.54, 1.807) is 0 Å². The van der Waals surface area contributed by atoms with Gasteiger partial charge in [0.05, 0.1) is 6.54 Å². The topological polar surface area (TPSA) is 64.4 Å². The molecule has 0 aromatic heterocycles. The Morgan fingerprint density at radius 3 is 2.67 bits per heavy atom. The molecule has 4 nitrogen and oxygen atoms in total. The second kappa shape index (κ2) is 9.64. The van der Waals surface area contributed by atoms with Crippen molar-refractivity contribution >= 4 is 18.3 Å². The van der Waals surface area contributed by atoms with Gasteiger partial charge < -0.3 is 15.8 Å². The van der Waals surface area contributed by atoms with Crippen molar-refractivity contribution in [2.75, 3.05) is 13.2 Å². The molecule has 0 bridgehead atoms. The number of nitrogens with two attached hydrogens (primary N) is 1. The van der Waals surface area contributed by atoms with Crippen molar-refractivity contribution in [2.45, 2.75) is 38.1 Å². The number of carbonyl (C=O) groups excluding carboxylic acids is 1. The first-order valence-corrected chi connectivity index (χ1v) is 7.46. The average molecular weight is 313 g/mol. The molecule has 118 valence electrons. The Labute approximate surface area is 132 Å². The van der Waals surface area contributed by atoms with Crippen LogP contribution in [0.1, 0.15) is 32.1 Å². The van der Waals surface area contributed by atoms with E-state index in [0.717, 1.165) is 18.6 Å². The summed E-state index contributed by atoms with van der Waals surface area (Å²) in [4.78, 5) is 11.8. The second-order valence-electron chi connectivity index (χ2n) is 5.42. The summed E-state index contributed by atoms with van der Waals surface area (Å²) in [5.74, 6) is 1.26. The van der Waals surface area contributed by atoms with E-state index in [1.165, 1.54) is 12.8 Å². The van der Waals surface area contributed by atoms with Crippen LogP contribution in [0.2, 0.25) is 0 Å². The maximum atomic E-state index is 11.8. The minimum atomic E-state index is 0. The number of benzene rings is 1. The van der Waals surface area contributed by atoms with E-state index in [1.807, 2.05) is 30.3 Å². The Morgan fingerprint density at radius 2 is 1.95 bits per heavy atom. The summed E-state index contributed by atoms with van der Waals surface area (Å²) in [5.41, 5.74) is 6.05. The molecule has 2 atom stereocenters. The van der Waals surface area contributed by atoms with E-state index in [9.17, 15) is 4.79 Å². The Balaban J connectivity index is 0.00000220. The number of para-hydroxylation sites is 1. The molecule has 1 aromatic carbocycles. The van der Waals surface area contributed by atoms with Gasteiger partial charge in [-0.3, -0.25) is 4.79 Å². The summed E-state index contributed by atoms with van der Waals surface area (Å²) in [5, 5.41) is 2.90. The van der Waals surface area contributed by atoms with Gasteiger partial charge in [0.2, 0.25) is 5.91 Å². The standard InChI is InChI=1S/C16H24N2O2.ClH/c17-15-9-5-4-6-13(15)12-16(19)18-10-11-20-14-7-2-1-3-8-14;/h1-3,7-8,13,15H,4-6,9-12,17H2,(H,18,19);1H. The zero-order valence-electron chi connectivity index (χ0n) is 12.3. The lowest BCUT2D eigenvalue weighted by molar-refractivity contribution is -0.122. The minimum absolute atomic E-state index is 0. The summed E-state index contributed by atoms with van der Waals surface area (Å²) in [7, 11) is 0. The molecule has 1 aromatic rings. The van der Waals surface area contributed by atoms with Gasteiger partial charge in [-0.25, -0.2) is 0 Å². The van der Waals surface area contributed by atoms with Crippen molar-refractivity contribution in [3.63, 3.8) is 0 Å². The molecule has 1 aliphatic carbocycles. The normalized spacial score (nSPS) is 21.2. The number of halogens is 1. The van der Waals surface area contributed by atoms with Crippen molar-refractivity contribution in [3.8, 4) is 5.75 Å². The van der Waals surface area contributed by atoms with Gasteiger partial charge in [-0.05, 0) is 30.9 Å². The summed E-state index contributed by atoms with van der Waals surface area (Å²) in [6.45, 7) is 1.03. The summed E-state index contributed by atoms with van der Waals surface area (Å²) in [6, 6.07) is 9.81. The van der Waals surface area contributed by atoms with Crippen LogP contribution in [0.25, 0.3) is 0 Å². The number of ether oxygens (including phenoxy) is 1. The van der Waals surface area contributed by atoms with Crippen molar-refractivity contribution in [1.82, 2.24) is 5.32 Å². The van der Waals surface area contributed by atoms with Gasteiger partial charge in [-0.15, -0.1) is 12.4 Å². The molecule has 2 unspecified atom stereocenters. The molecule has 0 saturated heterocycles. The average Bonchev–Trinajstić information content (AvgIpc) is 2.47. The van der Waals surface area contributed by atoms with E-state index in [4.69, 9.17) is 10.5 Å². The lowest BCUT2D eigenvalue weighted by Gasteiger charge is -2.27. The largest absolute Gasteiger partial charge is 0.492 e. The summed E-state index contributed by atoms with van der Waals surface area (Å²) in [6.07, 6.45) is 5.07. The Hall–Kier alpha value is -1.26. The fourth-order valence-electron chi connectivity index (χ4n) is 2.68. The first-order valence-electron chi connectivity index (χ1n) is 7.46. The Kier molecular flexibility index (Phi) is 8.16. The summed E-state index contributed by atoms with van der Waals surface area (Å²) < 4.78 is 5.53. The van der Waals surface area contributed by atoms with Crippen LogP contribution in [0.3, 0.4) is 0 Å². The quantitative estimate of drug-likeness (QED) is 0.793. The number of amides is 1. The van der Waals surface area contributed by atoms with E-state index in [2.05, 4.69) is 5.32 Å². The molecule has 0 spiro atoms. The van der Waals surface area contributed by atoms with E-state index < -0.39 is 0 Å². The fourth-order valence-corrected chi connectivity index (χ4v) is 2.68. The van der Waals surface area contributed by atoms with Crippen molar-refractivity contribution in [3.05, 3.63) is 30.3 Å². The fraction of sp³-hybridized carbons (Fsp3) is 0.562. The third kappa shape index (κ3) is 6.36. The first kappa shape index (κ1) is 17.8. The van der Waals surface area contributed by atoms with Crippen LogP contribution in [-0.2, 0) is 4.79 Å². The van der Waals surface area contributed by atoms with Crippen LogP contribution < -0.4 is 15.8 Å². The van der Waals surface area contributed by atoms with Crippen LogP contribution >= 0.6 is 12.4 Å². The maximum absolute atomic E-state index is 11.8. The molecular weight excluding hydrogens is 288 g/mol. The zero-order valence-corrected chi connectivity index (χ0v) is 13.1. The highest BCUT2D eigenvalue weighted by Crippen LogP contribution is 2.25. The van der Waals surface area contributed by atoms with E-state index in [0.29, 0.717) is 25.5 Å². The molecule has 21 heavy (non-hydrogen) atoms. The van der Waals surface area contributed by atoms with Gasteiger partial charge in [-0.2, -0.15) is 0 Å².